The molecule has 102 valence electrons. The van der Waals surface area contributed by atoms with Crippen molar-refractivity contribution in [1.29, 1.82) is 5.26 Å². The van der Waals surface area contributed by atoms with Gasteiger partial charge in [-0.05, 0) is 30.3 Å². The lowest BCUT2D eigenvalue weighted by atomic mass is 10.2. The van der Waals surface area contributed by atoms with Crippen molar-refractivity contribution in [2.75, 3.05) is 5.32 Å². The second-order valence-corrected chi connectivity index (χ2v) is 5.63. The molecule has 1 N–H and O–H groups in total. The fourth-order valence-electron chi connectivity index (χ4n) is 1.93. The number of fused-ring (bicyclic) bond motifs is 1. The standard InChI is InChI=1S/C15H8BrClN4/c16-11-2-1-3-12(6-11)20-15-10(7-18)4-9-5-14(17)19-8-13(9)21-15/h1-6,8H,(H,20,21). The number of hydrogen-bond acceptors (Lipinski definition) is 4. The minimum Gasteiger partial charge on any atom is -0.339 e. The van der Waals surface area contributed by atoms with Crippen LogP contribution in [0.3, 0.4) is 0 Å². The van der Waals surface area contributed by atoms with E-state index in [0.717, 1.165) is 15.5 Å². The van der Waals surface area contributed by atoms with Gasteiger partial charge in [0.2, 0.25) is 0 Å². The smallest absolute Gasteiger partial charge is 0.149 e. The third-order valence-corrected chi connectivity index (χ3v) is 3.58. The number of aromatic nitrogens is 2. The molecule has 2 aromatic heterocycles. The SMILES string of the molecule is N#Cc1cc2cc(Cl)ncc2nc1Nc1cccc(Br)c1. The van der Waals surface area contributed by atoms with E-state index in [1.807, 2.05) is 24.3 Å². The minimum absolute atomic E-state index is 0.376. The van der Waals surface area contributed by atoms with Crippen molar-refractivity contribution >= 4 is 49.9 Å². The summed E-state index contributed by atoms with van der Waals surface area (Å²) in [7, 11) is 0. The van der Waals surface area contributed by atoms with Crippen LogP contribution in [-0.4, -0.2) is 9.97 Å². The van der Waals surface area contributed by atoms with E-state index in [2.05, 4.69) is 37.3 Å². The van der Waals surface area contributed by atoms with Crippen LogP contribution in [0.2, 0.25) is 5.15 Å². The Bertz CT molecular complexity index is 873. The molecule has 0 saturated heterocycles. The molecule has 0 saturated carbocycles. The van der Waals surface area contributed by atoms with Gasteiger partial charge in [-0.25, -0.2) is 9.97 Å². The molecular weight excluding hydrogens is 352 g/mol. The first-order chi connectivity index (χ1) is 10.2. The molecule has 0 fully saturated rings. The fraction of sp³-hybridized carbons (Fsp3) is 0. The van der Waals surface area contributed by atoms with Crippen molar-refractivity contribution < 1.29 is 0 Å². The normalized spacial score (nSPS) is 10.3. The van der Waals surface area contributed by atoms with Gasteiger partial charge in [0.25, 0.3) is 0 Å². The number of nitrogens with zero attached hydrogens (tertiary/aromatic N) is 3. The van der Waals surface area contributed by atoms with Gasteiger partial charge in [-0.3, -0.25) is 0 Å². The highest BCUT2D eigenvalue weighted by atomic mass is 79.9. The Morgan fingerprint density at radius 1 is 1.24 bits per heavy atom. The quantitative estimate of drug-likeness (QED) is 0.676. The van der Waals surface area contributed by atoms with E-state index in [0.29, 0.717) is 22.1 Å². The van der Waals surface area contributed by atoms with Gasteiger partial charge in [-0.15, -0.1) is 0 Å². The Morgan fingerprint density at radius 3 is 2.86 bits per heavy atom. The van der Waals surface area contributed by atoms with E-state index in [-0.39, 0.29) is 0 Å². The number of halogens is 2. The van der Waals surface area contributed by atoms with E-state index in [1.165, 1.54) is 0 Å². The molecule has 0 aliphatic heterocycles. The number of pyridine rings is 2. The lowest BCUT2D eigenvalue weighted by molar-refractivity contribution is 1.29. The third kappa shape index (κ3) is 2.97. The number of benzene rings is 1. The molecule has 0 amide bonds. The topological polar surface area (TPSA) is 61.6 Å². The highest BCUT2D eigenvalue weighted by Gasteiger charge is 2.08. The molecule has 6 heteroatoms. The first kappa shape index (κ1) is 13.8. The van der Waals surface area contributed by atoms with E-state index in [9.17, 15) is 5.26 Å². The molecule has 4 nitrogen and oxygen atoms in total. The maximum absolute atomic E-state index is 9.29. The van der Waals surface area contributed by atoms with Gasteiger partial charge in [-0.1, -0.05) is 33.6 Å². The van der Waals surface area contributed by atoms with Crippen molar-refractivity contribution in [2.24, 2.45) is 0 Å². The summed E-state index contributed by atoms with van der Waals surface area (Å²) in [5, 5.41) is 13.6. The summed E-state index contributed by atoms with van der Waals surface area (Å²) in [5.41, 5.74) is 1.97. The molecule has 3 rings (SSSR count). The molecule has 21 heavy (non-hydrogen) atoms. The lowest BCUT2D eigenvalue weighted by Crippen LogP contribution is -1.98. The summed E-state index contributed by atoms with van der Waals surface area (Å²) in [6.45, 7) is 0. The molecule has 1 aromatic carbocycles. The van der Waals surface area contributed by atoms with Crippen LogP contribution in [0.15, 0.2) is 47.1 Å². The molecule has 0 aliphatic rings. The average molecular weight is 360 g/mol. The number of nitriles is 1. The largest absolute Gasteiger partial charge is 0.339 e. The summed E-state index contributed by atoms with van der Waals surface area (Å²) in [5.74, 6) is 0.493. The van der Waals surface area contributed by atoms with E-state index < -0.39 is 0 Å². The molecular formula is C15H8BrClN4. The number of nitrogens with one attached hydrogen (secondary N) is 1. The second-order valence-electron chi connectivity index (χ2n) is 4.33. The highest BCUT2D eigenvalue weighted by molar-refractivity contribution is 9.10. The van der Waals surface area contributed by atoms with Gasteiger partial charge in [0.15, 0.2) is 0 Å². The maximum Gasteiger partial charge on any atom is 0.149 e. The lowest BCUT2D eigenvalue weighted by Gasteiger charge is -2.09. The molecule has 0 radical (unpaired) electrons. The zero-order chi connectivity index (χ0) is 14.8. The van der Waals surface area contributed by atoms with Crippen molar-refractivity contribution in [3.8, 4) is 6.07 Å². The number of hydrogen-bond donors (Lipinski definition) is 1. The van der Waals surface area contributed by atoms with Gasteiger partial charge < -0.3 is 5.32 Å². The minimum atomic E-state index is 0.376. The van der Waals surface area contributed by atoms with Gasteiger partial charge in [-0.2, -0.15) is 5.26 Å². The molecule has 2 heterocycles. The van der Waals surface area contributed by atoms with Crippen LogP contribution in [0.4, 0.5) is 11.5 Å². The molecule has 0 unspecified atom stereocenters. The van der Waals surface area contributed by atoms with E-state index in [4.69, 9.17) is 11.6 Å². The fourth-order valence-corrected chi connectivity index (χ4v) is 2.50. The Kier molecular flexibility index (Phi) is 3.74. The van der Waals surface area contributed by atoms with Gasteiger partial charge in [0.1, 0.15) is 17.0 Å². The van der Waals surface area contributed by atoms with Crippen LogP contribution in [0.1, 0.15) is 5.56 Å². The zero-order valence-electron chi connectivity index (χ0n) is 10.6. The summed E-state index contributed by atoms with van der Waals surface area (Å²) in [6.07, 6.45) is 1.59. The van der Waals surface area contributed by atoms with E-state index >= 15 is 0 Å². The van der Waals surface area contributed by atoms with Crippen molar-refractivity contribution in [1.82, 2.24) is 9.97 Å². The highest BCUT2D eigenvalue weighted by Crippen LogP contribution is 2.25. The van der Waals surface area contributed by atoms with Gasteiger partial charge in [0, 0.05) is 15.5 Å². The first-order valence-corrected chi connectivity index (χ1v) is 7.22. The van der Waals surface area contributed by atoms with Crippen LogP contribution >= 0.6 is 27.5 Å². The van der Waals surface area contributed by atoms with Gasteiger partial charge in [0.05, 0.1) is 17.3 Å². The Balaban J connectivity index is 2.09. The third-order valence-electron chi connectivity index (χ3n) is 2.88. The van der Waals surface area contributed by atoms with Crippen LogP contribution in [0.5, 0.6) is 0 Å². The summed E-state index contributed by atoms with van der Waals surface area (Å²) >= 11 is 9.27. The molecule has 0 atom stereocenters. The maximum atomic E-state index is 9.29. The first-order valence-electron chi connectivity index (χ1n) is 6.05. The van der Waals surface area contributed by atoms with Gasteiger partial charge >= 0.3 is 0 Å². The Hall–Kier alpha value is -2.16. The summed E-state index contributed by atoms with van der Waals surface area (Å²) < 4.78 is 0.945. The second kappa shape index (κ2) is 5.68. The number of anilines is 2. The average Bonchev–Trinajstić information content (AvgIpc) is 2.47. The summed E-state index contributed by atoms with van der Waals surface area (Å²) in [4.78, 5) is 8.45. The van der Waals surface area contributed by atoms with Crippen LogP contribution < -0.4 is 5.32 Å². The van der Waals surface area contributed by atoms with Crippen molar-refractivity contribution in [3.05, 3.63) is 57.8 Å². The molecule has 0 aliphatic carbocycles. The monoisotopic (exact) mass is 358 g/mol. The molecule has 3 aromatic rings. The zero-order valence-corrected chi connectivity index (χ0v) is 13.0. The summed E-state index contributed by atoms with van der Waals surface area (Å²) in [6, 6.07) is 13.2. The van der Waals surface area contributed by atoms with Crippen molar-refractivity contribution in [3.63, 3.8) is 0 Å². The Morgan fingerprint density at radius 2 is 2.10 bits per heavy atom. The predicted octanol–water partition coefficient (Wildman–Crippen LogP) is 4.66. The predicted molar refractivity (Wildman–Crippen MR) is 86.7 cm³/mol. The van der Waals surface area contributed by atoms with Crippen molar-refractivity contribution in [2.45, 2.75) is 0 Å². The Labute approximate surface area is 134 Å². The molecule has 0 bridgehead atoms. The molecule has 0 spiro atoms. The number of rotatable bonds is 2. The van der Waals surface area contributed by atoms with E-state index in [1.54, 1.807) is 18.3 Å². The van der Waals surface area contributed by atoms with Crippen LogP contribution in [-0.2, 0) is 0 Å². The van der Waals surface area contributed by atoms with Crippen LogP contribution in [0, 0.1) is 11.3 Å². The van der Waals surface area contributed by atoms with Crippen LogP contribution in [0.25, 0.3) is 10.9 Å².